The second kappa shape index (κ2) is 9.45. The highest BCUT2D eigenvalue weighted by Gasteiger charge is 2.23. The zero-order valence-electron chi connectivity index (χ0n) is 17.0. The summed E-state index contributed by atoms with van der Waals surface area (Å²) < 4.78 is 6.81. The Kier molecular flexibility index (Phi) is 6.50. The van der Waals surface area contributed by atoms with Crippen molar-refractivity contribution in [2.75, 3.05) is 30.9 Å². The van der Waals surface area contributed by atoms with Gasteiger partial charge in [-0.05, 0) is 43.0 Å². The molecule has 2 aromatic carbocycles. The van der Waals surface area contributed by atoms with Crippen molar-refractivity contribution in [3.8, 4) is 0 Å². The molecular formula is C23H25N3O3S. The Balaban J connectivity index is 1.58. The zero-order valence-corrected chi connectivity index (χ0v) is 17.9. The van der Waals surface area contributed by atoms with Crippen LogP contribution in [0.1, 0.15) is 18.4 Å². The van der Waals surface area contributed by atoms with Gasteiger partial charge in [0.1, 0.15) is 0 Å². The van der Waals surface area contributed by atoms with Crippen LogP contribution >= 0.6 is 11.8 Å². The third-order valence-corrected chi connectivity index (χ3v) is 6.25. The van der Waals surface area contributed by atoms with Crippen LogP contribution in [0.2, 0.25) is 0 Å². The molecule has 156 valence electrons. The van der Waals surface area contributed by atoms with E-state index in [1.807, 2.05) is 41.3 Å². The molecule has 2 heterocycles. The Labute approximate surface area is 179 Å². The van der Waals surface area contributed by atoms with E-state index in [1.165, 1.54) is 17.3 Å². The van der Waals surface area contributed by atoms with Gasteiger partial charge < -0.3 is 9.64 Å². The molecule has 0 radical (unpaired) electrons. The zero-order chi connectivity index (χ0) is 20.9. The van der Waals surface area contributed by atoms with Crippen molar-refractivity contribution in [3.05, 3.63) is 64.4 Å². The van der Waals surface area contributed by atoms with E-state index in [-0.39, 0.29) is 17.2 Å². The van der Waals surface area contributed by atoms with E-state index < -0.39 is 0 Å². The number of amides is 1. The second-order valence-electron chi connectivity index (χ2n) is 7.28. The van der Waals surface area contributed by atoms with Crippen molar-refractivity contribution >= 4 is 34.3 Å². The van der Waals surface area contributed by atoms with Crippen molar-refractivity contribution < 1.29 is 9.53 Å². The number of carbonyl (C=O) groups is 1. The van der Waals surface area contributed by atoms with Crippen LogP contribution in [-0.2, 0) is 22.5 Å². The van der Waals surface area contributed by atoms with Crippen molar-refractivity contribution in [3.63, 3.8) is 0 Å². The largest absolute Gasteiger partial charge is 0.385 e. The molecule has 0 bridgehead atoms. The lowest BCUT2D eigenvalue weighted by atomic mass is 10.0. The van der Waals surface area contributed by atoms with Gasteiger partial charge in [0.15, 0.2) is 5.16 Å². The number of carbonyl (C=O) groups excluding carboxylic acids is 1. The number of hydrogen-bond acceptors (Lipinski definition) is 5. The molecule has 1 aromatic heterocycles. The molecule has 0 saturated heterocycles. The molecule has 4 rings (SSSR count). The lowest BCUT2D eigenvalue weighted by Gasteiger charge is -2.29. The highest BCUT2D eigenvalue weighted by atomic mass is 32.2. The number of thioether (sulfide) groups is 1. The molecule has 1 amide bonds. The van der Waals surface area contributed by atoms with Crippen molar-refractivity contribution in [1.29, 1.82) is 0 Å². The van der Waals surface area contributed by atoms with Gasteiger partial charge in [-0.3, -0.25) is 14.2 Å². The van der Waals surface area contributed by atoms with Crippen molar-refractivity contribution in [2.45, 2.75) is 31.0 Å². The monoisotopic (exact) mass is 423 g/mol. The van der Waals surface area contributed by atoms with Crippen LogP contribution in [0.4, 0.5) is 5.69 Å². The molecule has 7 heteroatoms. The lowest BCUT2D eigenvalue weighted by Crippen LogP contribution is -2.36. The van der Waals surface area contributed by atoms with Gasteiger partial charge >= 0.3 is 0 Å². The average molecular weight is 424 g/mol. The summed E-state index contributed by atoms with van der Waals surface area (Å²) in [5.41, 5.74) is 2.79. The Bertz CT molecular complexity index is 1110. The predicted octanol–water partition coefficient (Wildman–Crippen LogP) is 3.50. The minimum Gasteiger partial charge on any atom is -0.385 e. The number of anilines is 1. The molecule has 0 N–H and O–H groups in total. The highest BCUT2D eigenvalue weighted by molar-refractivity contribution is 7.99. The molecule has 1 aliphatic rings. The second-order valence-corrected chi connectivity index (χ2v) is 8.22. The maximum absolute atomic E-state index is 13.0. The first kappa shape index (κ1) is 20.6. The Morgan fingerprint density at radius 3 is 2.83 bits per heavy atom. The molecular weight excluding hydrogens is 398 g/mol. The third kappa shape index (κ3) is 4.27. The summed E-state index contributed by atoms with van der Waals surface area (Å²) in [6, 6.07) is 15.4. The fraction of sp³-hybridized carbons (Fsp3) is 0.348. The summed E-state index contributed by atoms with van der Waals surface area (Å²) in [5, 5.41) is 1.17. The number of rotatable bonds is 7. The van der Waals surface area contributed by atoms with E-state index in [2.05, 4.69) is 6.07 Å². The Morgan fingerprint density at radius 1 is 1.17 bits per heavy atom. The van der Waals surface area contributed by atoms with Crippen molar-refractivity contribution in [2.24, 2.45) is 0 Å². The number of hydrogen-bond donors (Lipinski definition) is 0. The van der Waals surface area contributed by atoms with Gasteiger partial charge in [-0.1, -0.05) is 42.1 Å². The molecule has 0 fully saturated rings. The van der Waals surface area contributed by atoms with Crippen LogP contribution < -0.4 is 10.5 Å². The summed E-state index contributed by atoms with van der Waals surface area (Å²) in [6.07, 6.45) is 2.67. The first-order chi connectivity index (χ1) is 14.7. The number of ether oxygens (including phenoxy) is 1. The summed E-state index contributed by atoms with van der Waals surface area (Å²) in [5.74, 6) is 0.279. The van der Waals surface area contributed by atoms with Crippen molar-refractivity contribution in [1.82, 2.24) is 9.55 Å². The molecule has 1 aliphatic heterocycles. The third-order valence-electron chi connectivity index (χ3n) is 5.29. The summed E-state index contributed by atoms with van der Waals surface area (Å²) >= 11 is 1.33. The maximum Gasteiger partial charge on any atom is 0.262 e. The van der Waals surface area contributed by atoms with Crippen LogP contribution in [0.3, 0.4) is 0 Å². The minimum absolute atomic E-state index is 0.0398. The van der Waals surface area contributed by atoms with Gasteiger partial charge in [0, 0.05) is 32.5 Å². The predicted molar refractivity (Wildman–Crippen MR) is 120 cm³/mol. The van der Waals surface area contributed by atoms with E-state index in [9.17, 15) is 9.59 Å². The maximum atomic E-state index is 13.0. The minimum atomic E-state index is -0.0741. The standard InChI is InChI=1S/C23H25N3O3S/c1-29-15-7-14-26-22(28)18-10-3-4-11-19(18)24-23(26)30-16-21(27)25-13-6-9-17-8-2-5-12-20(17)25/h2-5,8,10-12H,6-7,9,13-16H2,1H3. The molecule has 6 nitrogen and oxygen atoms in total. The number of para-hydroxylation sites is 2. The smallest absolute Gasteiger partial charge is 0.262 e. The number of aryl methyl sites for hydroxylation is 1. The highest BCUT2D eigenvalue weighted by Crippen LogP contribution is 2.28. The molecule has 3 aromatic rings. The number of nitrogens with zero attached hydrogens (tertiary/aromatic N) is 3. The number of aromatic nitrogens is 2. The molecule has 0 aliphatic carbocycles. The van der Waals surface area contributed by atoms with Crippen LogP contribution in [0, 0.1) is 0 Å². The SMILES string of the molecule is COCCCn1c(SCC(=O)N2CCCc3ccccc32)nc2ccccc2c1=O. The first-order valence-electron chi connectivity index (χ1n) is 10.2. The molecule has 0 unspecified atom stereocenters. The normalized spacial score (nSPS) is 13.4. The van der Waals surface area contributed by atoms with Crippen LogP contribution in [0.15, 0.2) is 58.5 Å². The van der Waals surface area contributed by atoms with Crippen LogP contribution in [-0.4, -0.2) is 41.5 Å². The molecule has 30 heavy (non-hydrogen) atoms. The van der Waals surface area contributed by atoms with E-state index >= 15 is 0 Å². The van der Waals surface area contributed by atoms with E-state index in [0.717, 1.165) is 25.1 Å². The van der Waals surface area contributed by atoms with Crippen LogP contribution in [0.25, 0.3) is 10.9 Å². The number of benzene rings is 2. The van der Waals surface area contributed by atoms with Gasteiger partial charge in [-0.15, -0.1) is 0 Å². The number of methoxy groups -OCH3 is 1. The fourth-order valence-corrected chi connectivity index (χ4v) is 4.72. The lowest BCUT2D eigenvalue weighted by molar-refractivity contribution is -0.116. The van der Waals surface area contributed by atoms with E-state index in [0.29, 0.717) is 35.6 Å². The summed E-state index contributed by atoms with van der Waals surface area (Å²) in [7, 11) is 1.65. The Morgan fingerprint density at radius 2 is 1.97 bits per heavy atom. The summed E-state index contributed by atoms with van der Waals surface area (Å²) in [6.45, 7) is 1.79. The van der Waals surface area contributed by atoms with Gasteiger partial charge in [0.25, 0.3) is 5.56 Å². The topological polar surface area (TPSA) is 64.4 Å². The van der Waals surface area contributed by atoms with Gasteiger partial charge in [0.2, 0.25) is 5.91 Å². The van der Waals surface area contributed by atoms with Gasteiger partial charge in [-0.2, -0.15) is 0 Å². The number of fused-ring (bicyclic) bond motifs is 2. The molecule has 0 atom stereocenters. The van der Waals surface area contributed by atoms with Gasteiger partial charge in [0.05, 0.1) is 16.7 Å². The van der Waals surface area contributed by atoms with Gasteiger partial charge in [-0.25, -0.2) is 4.98 Å². The van der Waals surface area contributed by atoms with Crippen LogP contribution in [0.5, 0.6) is 0 Å². The molecule has 0 spiro atoms. The summed E-state index contributed by atoms with van der Waals surface area (Å²) in [4.78, 5) is 32.6. The fourth-order valence-electron chi connectivity index (χ4n) is 3.82. The first-order valence-corrected chi connectivity index (χ1v) is 11.2. The average Bonchev–Trinajstić information content (AvgIpc) is 2.79. The van der Waals surface area contributed by atoms with E-state index in [1.54, 1.807) is 17.7 Å². The quantitative estimate of drug-likeness (QED) is 0.331. The molecule has 0 saturated carbocycles. The Hall–Kier alpha value is -2.64. The van der Waals surface area contributed by atoms with E-state index in [4.69, 9.17) is 9.72 Å².